The molecule has 14 heavy (non-hydrogen) atoms. The topological polar surface area (TPSA) is 49.8 Å². The number of carbonyl (C=O) groups excluding carboxylic acids is 1. The van der Waals surface area contributed by atoms with E-state index in [1.54, 1.807) is 18.7 Å². The molecule has 1 rings (SSSR count). The molecule has 0 aromatic rings. The van der Waals surface area contributed by atoms with E-state index >= 15 is 0 Å². The summed E-state index contributed by atoms with van der Waals surface area (Å²) in [6.45, 7) is 6.56. The number of rotatable bonds is 3. The second-order valence-electron chi connectivity index (χ2n) is 4.62. The highest BCUT2D eigenvalue weighted by Gasteiger charge is 2.29. The fourth-order valence-corrected chi connectivity index (χ4v) is 1.75. The number of morpholine rings is 1. The lowest BCUT2D eigenvalue weighted by atomic mass is 9.97. The zero-order valence-corrected chi connectivity index (χ0v) is 9.06. The van der Waals surface area contributed by atoms with Crippen LogP contribution in [0.5, 0.6) is 0 Å². The Morgan fingerprint density at radius 3 is 2.79 bits per heavy atom. The summed E-state index contributed by atoms with van der Waals surface area (Å²) in [7, 11) is 0. The lowest BCUT2D eigenvalue weighted by molar-refractivity contribution is -0.133. The van der Waals surface area contributed by atoms with Gasteiger partial charge >= 0.3 is 0 Å². The highest BCUT2D eigenvalue weighted by molar-refractivity contribution is 5.48. The molecule has 4 nitrogen and oxygen atoms in total. The van der Waals surface area contributed by atoms with E-state index in [0.29, 0.717) is 19.6 Å². The first kappa shape index (κ1) is 11.5. The standard InChI is InChI=1S/C10H19NO3/c1-8-5-11(7-12)9(6-14-8)4-10(2,3)13/h7-9,13H,4-6H2,1-3H3. The van der Waals surface area contributed by atoms with Gasteiger partial charge in [-0.05, 0) is 27.2 Å². The molecule has 0 radical (unpaired) electrons. The van der Waals surface area contributed by atoms with Gasteiger partial charge in [0.1, 0.15) is 0 Å². The predicted molar refractivity (Wildman–Crippen MR) is 52.9 cm³/mol. The number of aliphatic hydroxyl groups is 1. The van der Waals surface area contributed by atoms with E-state index in [9.17, 15) is 9.90 Å². The molecule has 1 saturated heterocycles. The smallest absolute Gasteiger partial charge is 0.210 e. The van der Waals surface area contributed by atoms with Crippen molar-refractivity contribution < 1.29 is 14.6 Å². The van der Waals surface area contributed by atoms with E-state index in [-0.39, 0.29) is 12.1 Å². The summed E-state index contributed by atoms with van der Waals surface area (Å²) in [5.74, 6) is 0. The maximum absolute atomic E-state index is 10.8. The minimum atomic E-state index is -0.754. The van der Waals surface area contributed by atoms with Crippen molar-refractivity contribution in [1.29, 1.82) is 0 Å². The van der Waals surface area contributed by atoms with Gasteiger partial charge in [0, 0.05) is 6.54 Å². The molecular formula is C10H19NO3. The van der Waals surface area contributed by atoms with Crippen LogP contribution >= 0.6 is 0 Å². The Kier molecular flexibility index (Phi) is 3.50. The van der Waals surface area contributed by atoms with Crippen molar-refractivity contribution in [3.63, 3.8) is 0 Å². The van der Waals surface area contributed by atoms with E-state index < -0.39 is 5.60 Å². The molecule has 4 heteroatoms. The molecule has 2 atom stereocenters. The van der Waals surface area contributed by atoms with Crippen LogP contribution in [0.2, 0.25) is 0 Å². The average Bonchev–Trinajstić information content (AvgIpc) is 2.06. The molecule has 1 N–H and O–H groups in total. The van der Waals surface area contributed by atoms with E-state index in [1.807, 2.05) is 6.92 Å². The summed E-state index contributed by atoms with van der Waals surface area (Å²) in [5.41, 5.74) is -0.754. The molecule has 2 unspecified atom stereocenters. The maximum Gasteiger partial charge on any atom is 0.210 e. The largest absolute Gasteiger partial charge is 0.390 e. The van der Waals surface area contributed by atoms with Crippen molar-refractivity contribution in [3.8, 4) is 0 Å². The Balaban J connectivity index is 2.54. The molecule has 1 fully saturated rings. The lowest BCUT2D eigenvalue weighted by Gasteiger charge is -2.38. The van der Waals surface area contributed by atoms with Crippen molar-refractivity contribution >= 4 is 6.41 Å². The quantitative estimate of drug-likeness (QED) is 0.672. The average molecular weight is 201 g/mol. The molecule has 0 spiro atoms. The predicted octanol–water partition coefficient (Wildman–Crippen LogP) is 0.393. The van der Waals surface area contributed by atoms with Crippen LogP contribution in [0.15, 0.2) is 0 Å². The SMILES string of the molecule is CC1CN(C=O)C(CC(C)(C)O)CO1. The number of carbonyl (C=O) groups is 1. The number of hydrogen-bond donors (Lipinski definition) is 1. The Hall–Kier alpha value is -0.610. The van der Waals surface area contributed by atoms with Gasteiger partial charge in [-0.3, -0.25) is 4.79 Å². The highest BCUT2D eigenvalue weighted by atomic mass is 16.5. The maximum atomic E-state index is 10.8. The Labute approximate surface area is 84.8 Å². The Bertz CT molecular complexity index is 200. The van der Waals surface area contributed by atoms with Crippen LogP contribution in [0.3, 0.4) is 0 Å². The Morgan fingerprint density at radius 2 is 2.29 bits per heavy atom. The van der Waals surface area contributed by atoms with Gasteiger partial charge in [0.15, 0.2) is 0 Å². The van der Waals surface area contributed by atoms with Crippen LogP contribution < -0.4 is 0 Å². The van der Waals surface area contributed by atoms with Crippen LogP contribution in [-0.2, 0) is 9.53 Å². The fourth-order valence-electron chi connectivity index (χ4n) is 1.75. The van der Waals surface area contributed by atoms with Crippen molar-refractivity contribution in [2.24, 2.45) is 0 Å². The monoisotopic (exact) mass is 201 g/mol. The molecule has 1 aliphatic rings. The van der Waals surface area contributed by atoms with Gasteiger partial charge in [-0.1, -0.05) is 0 Å². The van der Waals surface area contributed by atoms with Gasteiger partial charge in [0.25, 0.3) is 0 Å². The van der Waals surface area contributed by atoms with Crippen molar-refractivity contribution in [1.82, 2.24) is 4.90 Å². The van der Waals surface area contributed by atoms with E-state index in [2.05, 4.69) is 0 Å². The molecule has 0 aromatic heterocycles. The minimum absolute atomic E-state index is 0.00343. The normalized spacial score (nSPS) is 29.0. The molecule has 0 aromatic carbocycles. The van der Waals surface area contributed by atoms with Crippen molar-refractivity contribution in [3.05, 3.63) is 0 Å². The zero-order chi connectivity index (χ0) is 10.8. The molecular weight excluding hydrogens is 182 g/mol. The number of hydrogen-bond acceptors (Lipinski definition) is 3. The minimum Gasteiger partial charge on any atom is -0.390 e. The number of ether oxygens (including phenoxy) is 1. The van der Waals surface area contributed by atoms with Gasteiger partial charge in [0.2, 0.25) is 6.41 Å². The fraction of sp³-hybridized carbons (Fsp3) is 0.900. The summed E-state index contributed by atoms with van der Waals surface area (Å²) >= 11 is 0. The third-order valence-corrected chi connectivity index (χ3v) is 2.38. The molecule has 0 aliphatic carbocycles. The molecule has 82 valence electrons. The first-order chi connectivity index (χ1) is 6.42. The summed E-state index contributed by atoms with van der Waals surface area (Å²) in [4.78, 5) is 12.5. The Morgan fingerprint density at radius 1 is 1.64 bits per heavy atom. The summed E-state index contributed by atoms with van der Waals surface area (Å²) in [6.07, 6.45) is 1.49. The van der Waals surface area contributed by atoms with Gasteiger partial charge in [-0.2, -0.15) is 0 Å². The van der Waals surface area contributed by atoms with Gasteiger partial charge < -0.3 is 14.7 Å². The summed E-state index contributed by atoms with van der Waals surface area (Å²) < 4.78 is 5.46. The lowest BCUT2D eigenvalue weighted by Crippen LogP contribution is -2.50. The van der Waals surface area contributed by atoms with Crippen molar-refractivity contribution in [2.75, 3.05) is 13.2 Å². The zero-order valence-electron chi connectivity index (χ0n) is 9.06. The molecule has 0 saturated carbocycles. The molecule has 1 aliphatic heterocycles. The molecule has 1 heterocycles. The van der Waals surface area contributed by atoms with E-state index in [1.165, 1.54) is 0 Å². The van der Waals surface area contributed by atoms with Crippen LogP contribution in [-0.4, -0.2) is 47.3 Å². The van der Waals surface area contributed by atoms with E-state index in [4.69, 9.17) is 4.74 Å². The molecule has 1 amide bonds. The summed E-state index contributed by atoms with van der Waals surface area (Å²) in [5, 5.41) is 9.65. The third-order valence-electron chi connectivity index (χ3n) is 2.38. The van der Waals surface area contributed by atoms with Gasteiger partial charge in [0.05, 0.1) is 24.4 Å². The first-order valence-corrected chi connectivity index (χ1v) is 4.97. The first-order valence-electron chi connectivity index (χ1n) is 4.97. The van der Waals surface area contributed by atoms with Gasteiger partial charge in [-0.15, -0.1) is 0 Å². The number of amides is 1. The summed E-state index contributed by atoms with van der Waals surface area (Å²) in [6, 6.07) is 0.00343. The highest BCUT2D eigenvalue weighted by Crippen LogP contribution is 2.19. The van der Waals surface area contributed by atoms with Crippen LogP contribution in [0, 0.1) is 0 Å². The van der Waals surface area contributed by atoms with Crippen molar-refractivity contribution in [2.45, 2.75) is 44.9 Å². The van der Waals surface area contributed by atoms with Gasteiger partial charge in [-0.25, -0.2) is 0 Å². The second kappa shape index (κ2) is 4.28. The van der Waals surface area contributed by atoms with Crippen LogP contribution in [0.25, 0.3) is 0 Å². The van der Waals surface area contributed by atoms with E-state index in [0.717, 1.165) is 6.41 Å². The third kappa shape index (κ3) is 3.27. The second-order valence-corrected chi connectivity index (χ2v) is 4.62. The van der Waals surface area contributed by atoms with Crippen LogP contribution in [0.4, 0.5) is 0 Å². The number of nitrogens with zero attached hydrogens (tertiary/aromatic N) is 1. The molecule has 0 bridgehead atoms. The van der Waals surface area contributed by atoms with Crippen LogP contribution in [0.1, 0.15) is 27.2 Å².